The third kappa shape index (κ3) is 4.97. The molecule has 10 nitrogen and oxygen atoms in total. The van der Waals surface area contributed by atoms with Gasteiger partial charge >= 0.3 is 59.1 Å². The average Bonchev–Trinajstić information content (AvgIpc) is 3.06. The van der Waals surface area contributed by atoms with E-state index in [9.17, 15) is 25.9 Å². The number of rotatable bonds is 6. The number of hydrogen-bond donors (Lipinski definition) is 0. The van der Waals surface area contributed by atoms with Gasteiger partial charge in [-0.15, -0.1) is 0 Å². The van der Waals surface area contributed by atoms with E-state index in [1.165, 1.54) is 0 Å². The average molecular weight is 723 g/mol. The first-order valence-corrected chi connectivity index (χ1v) is 17.3. The van der Waals surface area contributed by atoms with Gasteiger partial charge in [-0.3, -0.25) is 0 Å². The summed E-state index contributed by atoms with van der Waals surface area (Å²) < 4.78 is 94.5. The quantitative estimate of drug-likeness (QED) is 0.0812. The van der Waals surface area contributed by atoms with Gasteiger partial charge < -0.3 is 26.9 Å². The van der Waals surface area contributed by atoms with Gasteiger partial charge in [0.25, 0.3) is 20.8 Å². The van der Waals surface area contributed by atoms with Crippen LogP contribution >= 0.6 is 0 Å². The van der Waals surface area contributed by atoms with Crippen LogP contribution in [0.4, 0.5) is 0 Å². The Kier molecular flexibility index (Phi) is 8.47. The second-order valence-electron chi connectivity index (χ2n) is 11.6. The maximum atomic E-state index is 12.0. The Balaban J connectivity index is 0.00000196. The molecular formula is C36H20Na2O10S2. The van der Waals surface area contributed by atoms with Crippen molar-refractivity contribution in [2.75, 3.05) is 14.2 Å². The topological polar surface area (TPSA) is 151 Å². The van der Waals surface area contributed by atoms with Crippen LogP contribution in [-0.4, -0.2) is 40.2 Å². The molecule has 0 aromatic heterocycles. The predicted molar refractivity (Wildman–Crippen MR) is 183 cm³/mol. The third-order valence-electron chi connectivity index (χ3n) is 9.26. The van der Waals surface area contributed by atoms with E-state index in [0.717, 1.165) is 21.5 Å². The fourth-order valence-electron chi connectivity index (χ4n) is 7.66. The monoisotopic (exact) mass is 722 g/mol. The van der Waals surface area contributed by atoms with Crippen LogP contribution in [0.25, 0.3) is 86.2 Å². The van der Waals surface area contributed by atoms with E-state index in [0.29, 0.717) is 76.1 Å². The van der Waals surface area contributed by atoms with E-state index >= 15 is 0 Å². The molecular weight excluding hydrogens is 703 g/mol. The largest absolute Gasteiger partial charge is 1.00 e. The van der Waals surface area contributed by atoms with Gasteiger partial charge in [0.05, 0.1) is 14.2 Å². The van der Waals surface area contributed by atoms with Gasteiger partial charge in [-0.2, -0.15) is 0 Å². The molecule has 0 N–H and O–H groups in total. The van der Waals surface area contributed by atoms with Crippen molar-refractivity contribution in [1.82, 2.24) is 0 Å². The molecule has 0 bridgehead atoms. The molecule has 9 rings (SSSR count). The molecule has 0 heterocycles. The third-order valence-corrected chi connectivity index (χ3v) is 10.00. The molecule has 0 spiro atoms. The minimum Gasteiger partial charge on any atom is -0.716 e. The van der Waals surface area contributed by atoms with Crippen molar-refractivity contribution in [3.05, 3.63) is 84.9 Å². The summed E-state index contributed by atoms with van der Waals surface area (Å²) in [6.07, 6.45) is 0. The van der Waals surface area contributed by atoms with E-state index < -0.39 is 20.8 Å². The van der Waals surface area contributed by atoms with Crippen molar-refractivity contribution in [3.8, 4) is 23.0 Å². The Morgan fingerprint density at radius 2 is 0.760 bits per heavy atom. The molecule has 0 aliphatic rings. The molecule has 14 heteroatoms. The van der Waals surface area contributed by atoms with Crippen LogP contribution in [0.5, 0.6) is 23.0 Å². The summed E-state index contributed by atoms with van der Waals surface area (Å²) in [5.41, 5.74) is 0. The van der Waals surface area contributed by atoms with Crippen molar-refractivity contribution in [3.63, 3.8) is 0 Å². The Labute approximate surface area is 329 Å². The summed E-state index contributed by atoms with van der Waals surface area (Å²) in [5, 5.41) is 10.1. The fourth-order valence-corrected chi connectivity index (χ4v) is 8.43. The molecule has 0 amide bonds. The summed E-state index contributed by atoms with van der Waals surface area (Å²) in [6.45, 7) is 0. The van der Waals surface area contributed by atoms with E-state index in [1.807, 2.05) is 48.5 Å². The number of methoxy groups -OCH3 is 2. The predicted octanol–water partition coefficient (Wildman–Crippen LogP) is 1.49. The van der Waals surface area contributed by atoms with Crippen LogP contribution in [0.1, 0.15) is 0 Å². The molecule has 0 fully saturated rings. The van der Waals surface area contributed by atoms with Crippen molar-refractivity contribution < 1.29 is 103 Å². The zero-order chi connectivity index (χ0) is 33.3. The molecule has 0 unspecified atom stereocenters. The van der Waals surface area contributed by atoms with Crippen LogP contribution in [0.2, 0.25) is 0 Å². The second kappa shape index (κ2) is 12.1. The normalized spacial score (nSPS) is 12.4. The van der Waals surface area contributed by atoms with Gasteiger partial charge in [-0.1, -0.05) is 60.7 Å². The van der Waals surface area contributed by atoms with Crippen LogP contribution in [-0.2, 0) is 20.8 Å². The smallest absolute Gasteiger partial charge is 0.716 e. The Bertz CT molecular complexity index is 2880. The Morgan fingerprint density at radius 1 is 0.420 bits per heavy atom. The number of benzene rings is 9. The molecule has 0 saturated carbocycles. The van der Waals surface area contributed by atoms with E-state index in [-0.39, 0.29) is 70.6 Å². The molecule has 0 atom stereocenters. The minimum atomic E-state index is -5.14. The maximum absolute atomic E-state index is 12.0. The van der Waals surface area contributed by atoms with Gasteiger partial charge in [-0.25, -0.2) is 16.8 Å². The summed E-state index contributed by atoms with van der Waals surface area (Å²) in [6, 6.07) is 25.0. The molecule has 9 aromatic carbocycles. The Hall–Kier alpha value is -3.40. The number of ether oxygens (including phenoxy) is 2. The molecule has 50 heavy (non-hydrogen) atoms. The zero-order valence-electron chi connectivity index (χ0n) is 27.0. The van der Waals surface area contributed by atoms with Crippen molar-refractivity contribution in [1.29, 1.82) is 0 Å². The summed E-state index contributed by atoms with van der Waals surface area (Å²) >= 11 is 0. The SMILES string of the molecule is COc1cc2c3ccccc3c(OS(=O)(=O)[O-])c3ccc4c5ccc6c(OS(=O)(=O)[O-])c7ccccc7c7cc(OC)c(c1c4c32)c5c67.[Na+].[Na+]. The van der Waals surface area contributed by atoms with Gasteiger partial charge in [0.2, 0.25) is 0 Å². The number of hydrogen-bond acceptors (Lipinski definition) is 10. The van der Waals surface area contributed by atoms with Crippen molar-refractivity contribution >= 4 is 107 Å². The maximum Gasteiger partial charge on any atom is 1.00 e. The van der Waals surface area contributed by atoms with Gasteiger partial charge in [0.1, 0.15) is 11.5 Å². The number of fused-ring (bicyclic) bond motifs is 6. The first-order chi connectivity index (χ1) is 23.0. The first-order valence-electron chi connectivity index (χ1n) is 14.6. The van der Waals surface area contributed by atoms with Crippen molar-refractivity contribution in [2.24, 2.45) is 0 Å². The van der Waals surface area contributed by atoms with Crippen LogP contribution in [0.15, 0.2) is 84.9 Å². The van der Waals surface area contributed by atoms with Gasteiger partial charge in [-0.05, 0) is 56.6 Å². The molecule has 9 aromatic rings. The molecule has 0 aliphatic carbocycles. The Morgan fingerprint density at radius 3 is 1.10 bits per heavy atom. The summed E-state index contributed by atoms with van der Waals surface area (Å²) in [7, 11) is -7.18. The molecule has 238 valence electrons. The van der Waals surface area contributed by atoms with E-state index in [4.69, 9.17) is 17.8 Å². The van der Waals surface area contributed by atoms with Gasteiger partial charge in [0.15, 0.2) is 11.5 Å². The van der Waals surface area contributed by atoms with Crippen LogP contribution < -0.4 is 77.0 Å². The molecule has 0 saturated heterocycles. The van der Waals surface area contributed by atoms with Crippen LogP contribution in [0.3, 0.4) is 0 Å². The van der Waals surface area contributed by atoms with E-state index in [1.54, 1.807) is 50.6 Å². The summed E-state index contributed by atoms with van der Waals surface area (Å²) in [5.74, 6) is 0.834. The fraction of sp³-hybridized carbons (Fsp3) is 0.0556. The standard InChI is InChI=1S/C36H22O10S2.2Na/c1-43-27-15-25-17-7-3-5-9-21(17)35(45-47(37,38)39)23-13-11-19-20-12-14-24-30-26(18-8-4-6-10-22(18)36(24)46-48(40,41)42)16-28(44-2)34(32(20)30)33(27)31(19)29(23)25;;/h3-16H,1-2H3,(H,37,38,39)(H,40,41,42);;/q;2*+1/p-2. The summed E-state index contributed by atoms with van der Waals surface area (Å²) in [4.78, 5) is 0. The second-order valence-corrected chi connectivity index (χ2v) is 13.5. The van der Waals surface area contributed by atoms with E-state index in [2.05, 4.69) is 0 Å². The van der Waals surface area contributed by atoms with Crippen molar-refractivity contribution in [2.45, 2.75) is 0 Å². The molecule has 0 radical (unpaired) electrons. The minimum absolute atomic E-state index is 0. The zero-order valence-corrected chi connectivity index (χ0v) is 32.6. The first kappa shape index (κ1) is 35.0. The van der Waals surface area contributed by atoms with Gasteiger partial charge in [0, 0.05) is 53.9 Å². The van der Waals surface area contributed by atoms with Crippen LogP contribution in [0, 0.1) is 0 Å². The molecule has 0 aliphatic heterocycles.